The molecule has 1 atom stereocenters. The van der Waals surface area contributed by atoms with Crippen molar-refractivity contribution in [3.63, 3.8) is 0 Å². The Bertz CT molecular complexity index is 476. The van der Waals surface area contributed by atoms with Crippen molar-refractivity contribution in [2.75, 3.05) is 6.54 Å². The number of aryl methyl sites for hydroxylation is 2. The minimum Gasteiger partial charge on any atom is -0.310 e. The van der Waals surface area contributed by atoms with Gasteiger partial charge in [-0.2, -0.15) is 0 Å². The van der Waals surface area contributed by atoms with Gasteiger partial charge >= 0.3 is 0 Å². The van der Waals surface area contributed by atoms with E-state index in [1.54, 1.807) is 6.20 Å². The molecule has 0 bridgehead atoms. The van der Waals surface area contributed by atoms with E-state index in [-0.39, 0.29) is 0 Å². The van der Waals surface area contributed by atoms with E-state index in [0.29, 0.717) is 6.04 Å². The molecule has 0 saturated heterocycles. The van der Waals surface area contributed by atoms with Crippen molar-refractivity contribution in [3.05, 3.63) is 47.8 Å². The second kappa shape index (κ2) is 7.80. The normalized spacial score (nSPS) is 12.5. The van der Waals surface area contributed by atoms with Gasteiger partial charge in [0, 0.05) is 18.8 Å². The minimum atomic E-state index is 0.441. The maximum Gasteiger partial charge on any atom is 0.0692 e. The third-order valence-corrected chi connectivity index (χ3v) is 3.63. The third-order valence-electron chi connectivity index (χ3n) is 3.63. The van der Waals surface area contributed by atoms with Gasteiger partial charge in [0.15, 0.2) is 0 Å². The zero-order valence-electron chi connectivity index (χ0n) is 12.4. The molecule has 2 rings (SSSR count). The first kappa shape index (κ1) is 14.7. The van der Waals surface area contributed by atoms with Crippen molar-refractivity contribution in [1.82, 2.24) is 20.3 Å². The monoisotopic (exact) mass is 272 g/mol. The maximum absolute atomic E-state index is 3.97. The lowest BCUT2D eigenvalue weighted by atomic mass is 10.0. The van der Waals surface area contributed by atoms with Crippen LogP contribution in [-0.2, 0) is 13.0 Å². The summed E-state index contributed by atoms with van der Waals surface area (Å²) in [6.07, 6.45) is 6.89. The van der Waals surface area contributed by atoms with Gasteiger partial charge in [-0.15, -0.1) is 5.10 Å². The Kier molecular flexibility index (Phi) is 5.74. The van der Waals surface area contributed by atoms with Crippen molar-refractivity contribution in [1.29, 1.82) is 0 Å². The van der Waals surface area contributed by atoms with Crippen molar-refractivity contribution >= 4 is 0 Å². The second-order valence-electron chi connectivity index (χ2n) is 5.03. The van der Waals surface area contributed by atoms with Crippen LogP contribution in [0, 0.1) is 0 Å². The van der Waals surface area contributed by atoms with Crippen LogP contribution in [0.1, 0.15) is 43.9 Å². The third kappa shape index (κ3) is 4.17. The quantitative estimate of drug-likeness (QED) is 0.751. The second-order valence-corrected chi connectivity index (χ2v) is 5.03. The predicted octanol–water partition coefficient (Wildman–Crippen LogP) is 2.97. The van der Waals surface area contributed by atoms with Gasteiger partial charge in [0.2, 0.25) is 0 Å². The minimum absolute atomic E-state index is 0.441. The highest BCUT2D eigenvalue weighted by molar-refractivity contribution is 5.24. The van der Waals surface area contributed by atoms with E-state index in [1.807, 2.05) is 10.9 Å². The molecule has 1 unspecified atom stereocenters. The molecule has 2 aromatic rings. The van der Waals surface area contributed by atoms with E-state index in [2.05, 4.69) is 53.7 Å². The van der Waals surface area contributed by atoms with Gasteiger partial charge in [0.05, 0.1) is 6.20 Å². The fourth-order valence-electron chi connectivity index (χ4n) is 2.35. The van der Waals surface area contributed by atoms with Crippen LogP contribution < -0.4 is 5.32 Å². The standard InChI is InChI=1S/C16H24N4/c1-3-14-6-8-15(9-7-14)16(4-2)17-10-5-12-20-13-11-18-19-20/h6-9,11,13,16-17H,3-5,10,12H2,1-2H3. The van der Waals surface area contributed by atoms with Gasteiger partial charge in [-0.25, -0.2) is 0 Å². The van der Waals surface area contributed by atoms with Crippen molar-refractivity contribution < 1.29 is 0 Å². The first-order valence-electron chi connectivity index (χ1n) is 7.49. The lowest BCUT2D eigenvalue weighted by Gasteiger charge is -2.17. The molecule has 0 spiro atoms. The summed E-state index contributed by atoms with van der Waals surface area (Å²) >= 11 is 0. The van der Waals surface area contributed by atoms with E-state index < -0.39 is 0 Å². The summed E-state index contributed by atoms with van der Waals surface area (Å²) in [5, 5.41) is 11.4. The lowest BCUT2D eigenvalue weighted by Crippen LogP contribution is -2.23. The Morgan fingerprint density at radius 1 is 1.20 bits per heavy atom. The zero-order valence-corrected chi connectivity index (χ0v) is 12.4. The summed E-state index contributed by atoms with van der Waals surface area (Å²) in [6, 6.07) is 9.40. The van der Waals surface area contributed by atoms with Gasteiger partial charge in [0.1, 0.15) is 0 Å². The highest BCUT2D eigenvalue weighted by Crippen LogP contribution is 2.17. The van der Waals surface area contributed by atoms with E-state index >= 15 is 0 Å². The van der Waals surface area contributed by atoms with Crippen LogP contribution in [0.2, 0.25) is 0 Å². The summed E-state index contributed by atoms with van der Waals surface area (Å²) in [6.45, 7) is 6.32. The van der Waals surface area contributed by atoms with Crippen molar-refractivity contribution in [3.8, 4) is 0 Å². The summed E-state index contributed by atoms with van der Waals surface area (Å²) in [5.74, 6) is 0. The average Bonchev–Trinajstić information content (AvgIpc) is 3.01. The number of hydrogen-bond donors (Lipinski definition) is 1. The lowest BCUT2D eigenvalue weighted by molar-refractivity contribution is 0.475. The van der Waals surface area contributed by atoms with Crippen LogP contribution in [0.15, 0.2) is 36.7 Å². The molecule has 0 amide bonds. The van der Waals surface area contributed by atoms with Gasteiger partial charge in [-0.05, 0) is 36.9 Å². The average molecular weight is 272 g/mol. The summed E-state index contributed by atoms with van der Waals surface area (Å²) < 4.78 is 1.87. The van der Waals surface area contributed by atoms with E-state index in [9.17, 15) is 0 Å². The van der Waals surface area contributed by atoms with Crippen LogP contribution in [0.4, 0.5) is 0 Å². The number of nitrogens with one attached hydrogen (secondary N) is 1. The Hall–Kier alpha value is -1.68. The molecule has 4 nitrogen and oxygen atoms in total. The summed E-state index contributed by atoms with van der Waals surface area (Å²) in [7, 11) is 0. The Labute approximate surface area is 121 Å². The molecule has 1 aromatic carbocycles. The highest BCUT2D eigenvalue weighted by Gasteiger charge is 2.07. The Morgan fingerprint density at radius 2 is 2.00 bits per heavy atom. The van der Waals surface area contributed by atoms with Gasteiger partial charge < -0.3 is 5.32 Å². The van der Waals surface area contributed by atoms with Crippen molar-refractivity contribution in [2.45, 2.75) is 45.7 Å². The highest BCUT2D eigenvalue weighted by atomic mass is 15.4. The summed E-state index contributed by atoms with van der Waals surface area (Å²) in [5.41, 5.74) is 2.78. The number of nitrogens with zero attached hydrogens (tertiary/aromatic N) is 3. The van der Waals surface area contributed by atoms with Crippen LogP contribution >= 0.6 is 0 Å². The van der Waals surface area contributed by atoms with Crippen molar-refractivity contribution in [2.24, 2.45) is 0 Å². The largest absolute Gasteiger partial charge is 0.310 e. The molecule has 0 aliphatic rings. The van der Waals surface area contributed by atoms with Gasteiger partial charge in [-0.1, -0.05) is 43.3 Å². The SMILES string of the molecule is CCc1ccc(C(CC)NCCCn2ccnn2)cc1. The topological polar surface area (TPSA) is 42.7 Å². The smallest absolute Gasteiger partial charge is 0.0692 e. The molecule has 108 valence electrons. The van der Waals surface area contributed by atoms with E-state index in [0.717, 1.165) is 32.4 Å². The van der Waals surface area contributed by atoms with Gasteiger partial charge in [-0.3, -0.25) is 4.68 Å². The molecule has 1 heterocycles. The Balaban J connectivity index is 1.79. The number of aromatic nitrogens is 3. The molecule has 1 aromatic heterocycles. The van der Waals surface area contributed by atoms with E-state index in [1.165, 1.54) is 11.1 Å². The molecule has 0 aliphatic carbocycles. The first-order valence-corrected chi connectivity index (χ1v) is 7.49. The predicted molar refractivity (Wildman–Crippen MR) is 81.5 cm³/mol. The zero-order chi connectivity index (χ0) is 14.2. The molecule has 1 N–H and O–H groups in total. The van der Waals surface area contributed by atoms with Crippen LogP contribution in [-0.4, -0.2) is 21.5 Å². The number of rotatable bonds is 8. The molecule has 20 heavy (non-hydrogen) atoms. The molecular weight excluding hydrogens is 248 g/mol. The maximum atomic E-state index is 3.97. The number of benzene rings is 1. The fraction of sp³-hybridized carbons (Fsp3) is 0.500. The van der Waals surface area contributed by atoms with Crippen LogP contribution in [0.5, 0.6) is 0 Å². The first-order chi connectivity index (χ1) is 9.83. The Morgan fingerprint density at radius 3 is 2.60 bits per heavy atom. The van der Waals surface area contributed by atoms with E-state index in [4.69, 9.17) is 0 Å². The molecule has 0 fully saturated rings. The van der Waals surface area contributed by atoms with Crippen LogP contribution in [0.3, 0.4) is 0 Å². The van der Waals surface area contributed by atoms with Crippen LogP contribution in [0.25, 0.3) is 0 Å². The van der Waals surface area contributed by atoms with Gasteiger partial charge in [0.25, 0.3) is 0 Å². The fourth-order valence-corrected chi connectivity index (χ4v) is 2.35. The molecule has 0 aliphatic heterocycles. The molecule has 0 saturated carbocycles. The number of hydrogen-bond acceptors (Lipinski definition) is 3. The molecule has 0 radical (unpaired) electrons. The molecular formula is C16H24N4. The molecule has 4 heteroatoms. The summed E-state index contributed by atoms with van der Waals surface area (Å²) in [4.78, 5) is 0.